The molecule has 2 aromatic rings. The van der Waals surface area contributed by atoms with E-state index in [-0.39, 0.29) is 18.1 Å². The SMILES string of the molecule is CC(C)[C@H](C)N(C(=O)N[C@H](C)c1cccc(-n2cncn2)c1)C1CC1. The van der Waals surface area contributed by atoms with E-state index in [0.29, 0.717) is 12.0 Å². The Morgan fingerprint density at radius 1 is 1.28 bits per heavy atom. The van der Waals surface area contributed by atoms with E-state index in [1.54, 1.807) is 11.0 Å². The van der Waals surface area contributed by atoms with Crippen molar-refractivity contribution in [3.63, 3.8) is 0 Å². The molecular weight excluding hydrogens is 314 g/mol. The molecule has 1 aromatic carbocycles. The van der Waals surface area contributed by atoms with Gasteiger partial charge in [0.25, 0.3) is 0 Å². The molecule has 1 heterocycles. The number of carbonyl (C=O) groups excluding carboxylic acids is 1. The van der Waals surface area contributed by atoms with E-state index in [1.165, 1.54) is 6.33 Å². The molecule has 0 saturated heterocycles. The maximum atomic E-state index is 12.9. The fraction of sp³-hybridized carbons (Fsp3) is 0.526. The Hall–Kier alpha value is -2.37. The summed E-state index contributed by atoms with van der Waals surface area (Å²) in [6.07, 6.45) is 5.40. The largest absolute Gasteiger partial charge is 0.331 e. The summed E-state index contributed by atoms with van der Waals surface area (Å²) in [5.74, 6) is 0.442. The molecule has 0 radical (unpaired) electrons. The van der Waals surface area contributed by atoms with Crippen LogP contribution in [0.25, 0.3) is 5.69 Å². The number of nitrogens with one attached hydrogen (secondary N) is 1. The van der Waals surface area contributed by atoms with Crippen LogP contribution in [0.4, 0.5) is 4.79 Å². The van der Waals surface area contributed by atoms with Crippen LogP contribution in [0.5, 0.6) is 0 Å². The maximum absolute atomic E-state index is 12.9. The molecule has 6 nitrogen and oxygen atoms in total. The van der Waals surface area contributed by atoms with E-state index in [2.05, 4.69) is 36.2 Å². The number of urea groups is 1. The minimum absolute atomic E-state index is 0.0300. The van der Waals surface area contributed by atoms with Gasteiger partial charge in [0.15, 0.2) is 0 Å². The lowest BCUT2D eigenvalue weighted by atomic mass is 10.0. The summed E-state index contributed by atoms with van der Waals surface area (Å²) >= 11 is 0. The number of hydrogen-bond donors (Lipinski definition) is 1. The summed E-state index contributed by atoms with van der Waals surface area (Å²) < 4.78 is 1.72. The molecule has 1 aliphatic rings. The zero-order valence-electron chi connectivity index (χ0n) is 15.4. The Kier molecular flexibility index (Phi) is 5.06. The number of nitrogens with zero attached hydrogens (tertiary/aromatic N) is 4. The van der Waals surface area contributed by atoms with Crippen molar-refractivity contribution in [2.24, 2.45) is 5.92 Å². The van der Waals surface area contributed by atoms with Gasteiger partial charge in [-0.2, -0.15) is 5.10 Å². The second-order valence-corrected chi connectivity index (χ2v) is 7.23. The van der Waals surface area contributed by atoms with Crippen molar-refractivity contribution in [2.45, 2.75) is 58.7 Å². The van der Waals surface area contributed by atoms with Crippen molar-refractivity contribution >= 4 is 6.03 Å². The Bertz CT molecular complexity index is 708. The molecule has 25 heavy (non-hydrogen) atoms. The molecule has 1 N–H and O–H groups in total. The molecule has 1 aromatic heterocycles. The van der Waals surface area contributed by atoms with Gasteiger partial charge in [0, 0.05) is 12.1 Å². The van der Waals surface area contributed by atoms with Crippen LogP contribution in [0, 0.1) is 5.92 Å². The molecule has 134 valence electrons. The van der Waals surface area contributed by atoms with Crippen molar-refractivity contribution in [3.05, 3.63) is 42.5 Å². The van der Waals surface area contributed by atoms with Gasteiger partial charge in [-0.3, -0.25) is 0 Å². The molecule has 1 aliphatic carbocycles. The minimum Gasteiger partial charge on any atom is -0.331 e. The monoisotopic (exact) mass is 341 g/mol. The molecule has 2 atom stereocenters. The lowest BCUT2D eigenvalue weighted by molar-refractivity contribution is 0.154. The van der Waals surface area contributed by atoms with Gasteiger partial charge in [-0.25, -0.2) is 14.5 Å². The summed E-state index contributed by atoms with van der Waals surface area (Å²) in [6.45, 7) is 8.48. The first-order valence-electron chi connectivity index (χ1n) is 9.01. The summed E-state index contributed by atoms with van der Waals surface area (Å²) in [4.78, 5) is 18.9. The molecule has 3 rings (SSSR count). The van der Waals surface area contributed by atoms with Gasteiger partial charge in [0.2, 0.25) is 0 Å². The predicted octanol–water partition coefficient (Wildman–Crippen LogP) is 3.55. The Morgan fingerprint density at radius 3 is 2.64 bits per heavy atom. The molecule has 0 spiro atoms. The number of amides is 2. The lowest BCUT2D eigenvalue weighted by Gasteiger charge is -2.33. The first-order chi connectivity index (χ1) is 12.0. The number of benzene rings is 1. The summed E-state index contributed by atoms with van der Waals surface area (Å²) in [7, 11) is 0. The third kappa shape index (κ3) is 4.00. The highest BCUT2D eigenvalue weighted by Gasteiger charge is 2.37. The van der Waals surface area contributed by atoms with Crippen LogP contribution in [0.3, 0.4) is 0 Å². The third-order valence-electron chi connectivity index (χ3n) is 4.97. The average Bonchev–Trinajstić information content (AvgIpc) is 3.26. The van der Waals surface area contributed by atoms with Gasteiger partial charge in [-0.15, -0.1) is 0 Å². The Labute approximate surface area is 149 Å². The fourth-order valence-electron chi connectivity index (χ4n) is 2.98. The fourth-order valence-corrected chi connectivity index (χ4v) is 2.98. The number of aromatic nitrogens is 3. The number of hydrogen-bond acceptors (Lipinski definition) is 3. The van der Waals surface area contributed by atoms with Gasteiger partial charge < -0.3 is 10.2 Å². The van der Waals surface area contributed by atoms with E-state index in [9.17, 15) is 4.79 Å². The first-order valence-corrected chi connectivity index (χ1v) is 9.01. The highest BCUT2D eigenvalue weighted by atomic mass is 16.2. The van der Waals surface area contributed by atoms with Gasteiger partial charge in [-0.1, -0.05) is 26.0 Å². The van der Waals surface area contributed by atoms with E-state index in [0.717, 1.165) is 24.1 Å². The standard InChI is InChI=1S/C19H27N5O/c1-13(2)15(4)24(17-8-9-17)19(25)22-14(3)16-6-5-7-18(10-16)23-12-20-11-21-23/h5-7,10-15,17H,8-9H2,1-4H3,(H,22,25)/t14-,15+/m1/s1. The molecule has 1 saturated carbocycles. The summed E-state index contributed by atoms with van der Waals surface area (Å²) in [5.41, 5.74) is 1.99. The zero-order chi connectivity index (χ0) is 18.0. The normalized spacial score (nSPS) is 16.5. The van der Waals surface area contributed by atoms with Crippen LogP contribution in [-0.2, 0) is 0 Å². The van der Waals surface area contributed by atoms with Crippen molar-refractivity contribution in [2.75, 3.05) is 0 Å². The Balaban J connectivity index is 1.72. The van der Waals surface area contributed by atoms with Crippen LogP contribution < -0.4 is 5.32 Å². The predicted molar refractivity (Wildman–Crippen MR) is 97.5 cm³/mol. The molecule has 0 unspecified atom stereocenters. The molecule has 2 amide bonds. The maximum Gasteiger partial charge on any atom is 0.318 e. The zero-order valence-corrected chi connectivity index (χ0v) is 15.4. The van der Waals surface area contributed by atoms with Gasteiger partial charge in [-0.05, 0) is 50.3 Å². The quantitative estimate of drug-likeness (QED) is 0.874. The first kappa shape index (κ1) is 17.5. The van der Waals surface area contributed by atoms with E-state index >= 15 is 0 Å². The van der Waals surface area contributed by atoms with E-state index < -0.39 is 0 Å². The molecule has 0 bridgehead atoms. The van der Waals surface area contributed by atoms with Crippen LogP contribution in [0.15, 0.2) is 36.9 Å². The molecule has 1 fully saturated rings. The summed E-state index contributed by atoms with van der Waals surface area (Å²) in [5, 5.41) is 7.33. The number of carbonyl (C=O) groups is 1. The smallest absolute Gasteiger partial charge is 0.318 e. The second kappa shape index (κ2) is 7.25. The van der Waals surface area contributed by atoms with E-state index in [1.807, 2.05) is 36.1 Å². The Morgan fingerprint density at radius 2 is 2.04 bits per heavy atom. The lowest BCUT2D eigenvalue weighted by Crippen LogP contribution is -2.48. The highest BCUT2D eigenvalue weighted by molar-refractivity contribution is 5.76. The van der Waals surface area contributed by atoms with Gasteiger partial charge in [0.05, 0.1) is 11.7 Å². The van der Waals surface area contributed by atoms with Crippen molar-refractivity contribution in [1.82, 2.24) is 25.0 Å². The van der Waals surface area contributed by atoms with Gasteiger partial charge in [0.1, 0.15) is 12.7 Å². The molecular formula is C19H27N5O. The van der Waals surface area contributed by atoms with Crippen molar-refractivity contribution < 1.29 is 4.79 Å². The highest BCUT2D eigenvalue weighted by Crippen LogP contribution is 2.31. The third-order valence-corrected chi connectivity index (χ3v) is 4.97. The molecule has 6 heteroatoms. The minimum atomic E-state index is -0.0726. The number of rotatable bonds is 6. The summed E-state index contributed by atoms with van der Waals surface area (Å²) in [6, 6.07) is 8.60. The van der Waals surface area contributed by atoms with Crippen molar-refractivity contribution in [3.8, 4) is 5.69 Å². The molecule has 0 aliphatic heterocycles. The topological polar surface area (TPSA) is 63.1 Å². The van der Waals surface area contributed by atoms with Crippen LogP contribution >= 0.6 is 0 Å². The second-order valence-electron chi connectivity index (χ2n) is 7.23. The van der Waals surface area contributed by atoms with E-state index in [4.69, 9.17) is 0 Å². The van der Waals surface area contributed by atoms with Crippen LogP contribution in [0.1, 0.15) is 52.1 Å². The van der Waals surface area contributed by atoms with Crippen LogP contribution in [-0.4, -0.2) is 37.8 Å². The average molecular weight is 341 g/mol. The van der Waals surface area contributed by atoms with Crippen LogP contribution in [0.2, 0.25) is 0 Å². The van der Waals surface area contributed by atoms with Gasteiger partial charge >= 0.3 is 6.03 Å². The van der Waals surface area contributed by atoms with Crippen molar-refractivity contribution in [1.29, 1.82) is 0 Å².